The van der Waals surface area contributed by atoms with Crippen LogP contribution < -0.4 is 0 Å². The summed E-state index contributed by atoms with van der Waals surface area (Å²) in [4.78, 5) is 12.0. The SMILES string of the molecule is COCCOCCOCC(=O)c1cc(C)n(C)c1C. The molecule has 0 spiro atoms. The van der Waals surface area contributed by atoms with Gasteiger partial charge in [-0.15, -0.1) is 0 Å². The normalized spacial score (nSPS) is 10.9. The molecule has 5 nitrogen and oxygen atoms in total. The van der Waals surface area contributed by atoms with E-state index in [2.05, 4.69) is 0 Å². The van der Waals surface area contributed by atoms with Crippen LogP contribution >= 0.6 is 0 Å². The molecule has 1 aromatic rings. The van der Waals surface area contributed by atoms with Crippen molar-refractivity contribution < 1.29 is 19.0 Å². The molecule has 1 heterocycles. The second kappa shape index (κ2) is 8.09. The standard InChI is InChI=1S/C14H23NO4/c1-11-9-13(12(2)15(11)3)14(16)10-19-8-7-18-6-5-17-4/h9H,5-8,10H2,1-4H3. The molecule has 0 saturated carbocycles. The van der Waals surface area contributed by atoms with Gasteiger partial charge in [-0.3, -0.25) is 4.79 Å². The Hall–Kier alpha value is -1.17. The second-order valence-electron chi connectivity index (χ2n) is 4.42. The second-order valence-corrected chi connectivity index (χ2v) is 4.42. The van der Waals surface area contributed by atoms with Crippen molar-refractivity contribution in [2.75, 3.05) is 40.1 Å². The highest BCUT2D eigenvalue weighted by atomic mass is 16.5. The quantitative estimate of drug-likeness (QED) is 0.503. The lowest BCUT2D eigenvalue weighted by Crippen LogP contribution is -2.14. The number of ether oxygens (including phenoxy) is 3. The molecule has 0 saturated heterocycles. The van der Waals surface area contributed by atoms with Gasteiger partial charge in [-0.25, -0.2) is 0 Å². The maximum absolute atomic E-state index is 12.0. The molecule has 0 aliphatic carbocycles. The number of hydrogen-bond acceptors (Lipinski definition) is 4. The van der Waals surface area contributed by atoms with Crippen LogP contribution in [0.25, 0.3) is 0 Å². The van der Waals surface area contributed by atoms with E-state index >= 15 is 0 Å². The van der Waals surface area contributed by atoms with E-state index in [9.17, 15) is 4.79 Å². The Labute approximate surface area is 114 Å². The van der Waals surface area contributed by atoms with E-state index in [1.165, 1.54) is 0 Å². The highest BCUT2D eigenvalue weighted by Crippen LogP contribution is 2.13. The third kappa shape index (κ3) is 4.78. The third-order valence-corrected chi connectivity index (χ3v) is 3.11. The summed E-state index contributed by atoms with van der Waals surface area (Å²) in [7, 11) is 3.58. The maximum Gasteiger partial charge on any atom is 0.190 e. The largest absolute Gasteiger partial charge is 0.382 e. The van der Waals surface area contributed by atoms with Crippen molar-refractivity contribution in [2.45, 2.75) is 13.8 Å². The molecule has 0 radical (unpaired) electrons. The van der Waals surface area contributed by atoms with Crippen LogP contribution in [-0.2, 0) is 21.3 Å². The van der Waals surface area contributed by atoms with Crippen molar-refractivity contribution >= 4 is 5.78 Å². The molecule has 0 atom stereocenters. The Kier molecular flexibility index (Phi) is 6.77. The zero-order valence-corrected chi connectivity index (χ0v) is 12.2. The number of hydrogen-bond donors (Lipinski definition) is 0. The minimum Gasteiger partial charge on any atom is -0.382 e. The number of aromatic nitrogens is 1. The van der Waals surface area contributed by atoms with Gasteiger partial charge in [-0.2, -0.15) is 0 Å². The first-order chi connectivity index (χ1) is 9.07. The van der Waals surface area contributed by atoms with Gasteiger partial charge in [0.25, 0.3) is 0 Å². The fraction of sp³-hybridized carbons (Fsp3) is 0.643. The molecule has 0 unspecified atom stereocenters. The molecule has 1 aromatic heterocycles. The molecular weight excluding hydrogens is 246 g/mol. The predicted molar refractivity (Wildman–Crippen MR) is 72.7 cm³/mol. The summed E-state index contributed by atoms with van der Waals surface area (Å²) in [5, 5.41) is 0. The van der Waals surface area contributed by atoms with Crippen LogP contribution in [0.3, 0.4) is 0 Å². The Morgan fingerprint density at radius 3 is 2.37 bits per heavy atom. The van der Waals surface area contributed by atoms with Crippen molar-refractivity contribution in [1.29, 1.82) is 0 Å². The Morgan fingerprint density at radius 2 is 1.79 bits per heavy atom. The average Bonchev–Trinajstić information content (AvgIpc) is 2.65. The molecule has 1 rings (SSSR count). The van der Waals surface area contributed by atoms with Crippen LogP contribution in [0.1, 0.15) is 21.7 Å². The van der Waals surface area contributed by atoms with Crippen LogP contribution in [-0.4, -0.2) is 50.5 Å². The lowest BCUT2D eigenvalue weighted by Gasteiger charge is -2.05. The topological polar surface area (TPSA) is 49.7 Å². The van der Waals surface area contributed by atoms with Gasteiger partial charge < -0.3 is 18.8 Å². The van der Waals surface area contributed by atoms with Gasteiger partial charge in [-0.1, -0.05) is 0 Å². The van der Waals surface area contributed by atoms with Gasteiger partial charge in [0.15, 0.2) is 5.78 Å². The van der Waals surface area contributed by atoms with Gasteiger partial charge in [0.05, 0.1) is 26.4 Å². The number of carbonyl (C=O) groups excluding carboxylic acids is 1. The summed E-state index contributed by atoms with van der Waals surface area (Å²) in [6.07, 6.45) is 0. The Morgan fingerprint density at radius 1 is 1.16 bits per heavy atom. The van der Waals surface area contributed by atoms with E-state index in [0.717, 1.165) is 17.0 Å². The van der Waals surface area contributed by atoms with E-state index < -0.39 is 0 Å². The lowest BCUT2D eigenvalue weighted by molar-refractivity contribution is 0.0253. The molecule has 0 aromatic carbocycles. The Bertz CT molecular complexity index is 412. The van der Waals surface area contributed by atoms with Gasteiger partial charge in [-0.05, 0) is 19.9 Å². The zero-order valence-electron chi connectivity index (χ0n) is 12.2. The number of aryl methyl sites for hydroxylation is 1. The fourth-order valence-electron chi connectivity index (χ4n) is 1.74. The van der Waals surface area contributed by atoms with Crippen molar-refractivity contribution in [3.05, 3.63) is 23.0 Å². The number of Topliss-reactive ketones (excluding diaryl/α,β-unsaturated/α-hetero) is 1. The molecule has 108 valence electrons. The van der Waals surface area contributed by atoms with Gasteiger partial charge >= 0.3 is 0 Å². The van der Waals surface area contributed by atoms with Gasteiger partial charge in [0.1, 0.15) is 6.61 Å². The van der Waals surface area contributed by atoms with E-state index in [0.29, 0.717) is 26.4 Å². The number of ketones is 1. The Balaban J connectivity index is 2.26. The van der Waals surface area contributed by atoms with Crippen LogP contribution in [0.2, 0.25) is 0 Å². The summed E-state index contributed by atoms with van der Waals surface area (Å²) in [6, 6.07) is 1.90. The van der Waals surface area contributed by atoms with E-state index in [-0.39, 0.29) is 12.4 Å². The predicted octanol–water partition coefficient (Wildman–Crippen LogP) is 1.50. The molecule has 0 bridgehead atoms. The van der Waals surface area contributed by atoms with Crippen LogP contribution in [0.15, 0.2) is 6.07 Å². The summed E-state index contributed by atoms with van der Waals surface area (Å²) < 4.78 is 17.4. The molecule has 0 N–H and O–H groups in total. The molecule has 5 heteroatoms. The summed E-state index contributed by atoms with van der Waals surface area (Å²) in [5.74, 6) is 0.0121. The molecule has 19 heavy (non-hydrogen) atoms. The summed E-state index contributed by atoms with van der Waals surface area (Å²) >= 11 is 0. The molecule has 0 aliphatic heterocycles. The number of methoxy groups -OCH3 is 1. The lowest BCUT2D eigenvalue weighted by atomic mass is 10.1. The van der Waals surface area contributed by atoms with E-state index in [4.69, 9.17) is 14.2 Å². The fourth-order valence-corrected chi connectivity index (χ4v) is 1.74. The van der Waals surface area contributed by atoms with E-state index in [1.54, 1.807) is 7.11 Å². The van der Waals surface area contributed by atoms with Gasteiger partial charge in [0.2, 0.25) is 0 Å². The highest BCUT2D eigenvalue weighted by Gasteiger charge is 2.13. The van der Waals surface area contributed by atoms with Gasteiger partial charge in [0, 0.05) is 31.1 Å². The minimum absolute atomic E-state index is 0.0121. The summed E-state index contributed by atoms with van der Waals surface area (Å²) in [5.41, 5.74) is 2.78. The monoisotopic (exact) mass is 269 g/mol. The summed E-state index contributed by atoms with van der Waals surface area (Å²) in [6.45, 7) is 6.02. The van der Waals surface area contributed by atoms with Crippen molar-refractivity contribution in [3.63, 3.8) is 0 Å². The minimum atomic E-state index is 0.0121. The van der Waals surface area contributed by atoms with Crippen LogP contribution in [0, 0.1) is 13.8 Å². The maximum atomic E-state index is 12.0. The molecule has 0 fully saturated rings. The first-order valence-electron chi connectivity index (χ1n) is 6.38. The molecule has 0 amide bonds. The number of nitrogens with zero attached hydrogens (tertiary/aromatic N) is 1. The van der Waals surface area contributed by atoms with Crippen molar-refractivity contribution in [1.82, 2.24) is 4.57 Å². The molecular formula is C14H23NO4. The first kappa shape index (κ1) is 15.9. The highest BCUT2D eigenvalue weighted by molar-refractivity contribution is 5.98. The smallest absolute Gasteiger partial charge is 0.190 e. The number of rotatable bonds is 9. The van der Waals surface area contributed by atoms with E-state index in [1.807, 2.05) is 31.5 Å². The van der Waals surface area contributed by atoms with Crippen molar-refractivity contribution in [3.8, 4) is 0 Å². The van der Waals surface area contributed by atoms with Crippen LogP contribution in [0.4, 0.5) is 0 Å². The van der Waals surface area contributed by atoms with Crippen molar-refractivity contribution in [2.24, 2.45) is 7.05 Å². The van der Waals surface area contributed by atoms with Crippen LogP contribution in [0.5, 0.6) is 0 Å². The number of carbonyl (C=O) groups is 1. The molecule has 0 aliphatic rings. The third-order valence-electron chi connectivity index (χ3n) is 3.11. The first-order valence-corrected chi connectivity index (χ1v) is 6.38. The average molecular weight is 269 g/mol. The zero-order chi connectivity index (χ0) is 14.3.